The van der Waals surface area contributed by atoms with Crippen molar-refractivity contribution in [3.63, 3.8) is 0 Å². The average Bonchev–Trinajstić information content (AvgIpc) is 3.51. The first kappa shape index (κ1) is 22.3. The maximum atomic E-state index is 6.38. The number of thiazole rings is 1. The average molecular weight is 473 g/mol. The van der Waals surface area contributed by atoms with Gasteiger partial charge < -0.3 is 24.7 Å². The van der Waals surface area contributed by atoms with Crippen molar-refractivity contribution in [3.8, 4) is 28.8 Å². The lowest BCUT2D eigenvalue weighted by molar-refractivity contribution is 0.264. The summed E-state index contributed by atoms with van der Waals surface area (Å²) in [6, 6.07) is 14.5. The fraction of sp³-hybridized carbons (Fsp3) is 0.296. The summed E-state index contributed by atoms with van der Waals surface area (Å²) in [5.41, 5.74) is 6.45. The molecule has 1 aliphatic heterocycles. The van der Waals surface area contributed by atoms with Gasteiger partial charge in [-0.1, -0.05) is 30.2 Å². The Morgan fingerprint density at radius 3 is 2.76 bits per heavy atom. The Labute approximate surface area is 203 Å². The van der Waals surface area contributed by atoms with E-state index in [-0.39, 0.29) is 0 Å². The quantitative estimate of drug-likeness (QED) is 0.360. The van der Waals surface area contributed by atoms with E-state index >= 15 is 0 Å². The molecule has 0 bridgehead atoms. The molecule has 7 heteroatoms. The minimum absolute atomic E-state index is 0.439. The number of hydrogen-bond donors (Lipinski definition) is 2. The first-order valence-electron chi connectivity index (χ1n) is 11.5. The molecule has 0 radical (unpaired) electrons. The Bertz CT molecular complexity index is 1310. The van der Waals surface area contributed by atoms with E-state index in [0.29, 0.717) is 18.3 Å². The lowest BCUT2D eigenvalue weighted by Gasteiger charge is -2.30. The number of para-hydroxylation sites is 3. The molecule has 1 saturated heterocycles. The number of hydrogen-bond acceptors (Lipinski definition) is 7. The van der Waals surface area contributed by atoms with Gasteiger partial charge in [-0.2, -0.15) is 0 Å². The van der Waals surface area contributed by atoms with Gasteiger partial charge in [-0.25, -0.2) is 4.98 Å². The number of benzene rings is 2. The van der Waals surface area contributed by atoms with Crippen LogP contribution in [-0.2, 0) is 0 Å². The maximum absolute atomic E-state index is 6.38. The van der Waals surface area contributed by atoms with Gasteiger partial charge in [-0.3, -0.25) is 0 Å². The molecule has 1 fully saturated rings. The van der Waals surface area contributed by atoms with E-state index < -0.39 is 0 Å². The van der Waals surface area contributed by atoms with Crippen LogP contribution in [-0.4, -0.2) is 49.7 Å². The van der Waals surface area contributed by atoms with Crippen molar-refractivity contribution in [1.82, 2.24) is 9.88 Å². The molecule has 0 atom stereocenters. The summed E-state index contributed by atoms with van der Waals surface area (Å²) >= 11 is 1.57. The summed E-state index contributed by atoms with van der Waals surface area (Å²) in [4.78, 5) is 6.93. The van der Waals surface area contributed by atoms with Crippen LogP contribution in [0.15, 0.2) is 57.8 Å². The third-order valence-electron chi connectivity index (χ3n) is 6.16. The monoisotopic (exact) mass is 472 g/mol. The number of fused-ring (bicyclic) bond motifs is 1. The molecule has 4 aromatic rings. The molecule has 2 N–H and O–H groups in total. The summed E-state index contributed by atoms with van der Waals surface area (Å²) in [5, 5.41) is 10.1. The van der Waals surface area contributed by atoms with Gasteiger partial charge in [0, 0.05) is 16.8 Å². The van der Waals surface area contributed by atoms with Crippen LogP contribution in [0.5, 0.6) is 5.75 Å². The van der Waals surface area contributed by atoms with Crippen molar-refractivity contribution in [3.05, 3.63) is 59.1 Å². The van der Waals surface area contributed by atoms with Gasteiger partial charge in [0.25, 0.3) is 0 Å². The van der Waals surface area contributed by atoms with Crippen LogP contribution in [0.3, 0.4) is 0 Å². The largest absolute Gasteiger partial charge is 0.495 e. The number of anilines is 2. The number of methoxy groups -OCH3 is 1. The number of furan rings is 1. The molecule has 0 unspecified atom stereocenters. The van der Waals surface area contributed by atoms with Crippen LogP contribution in [0, 0.1) is 11.8 Å². The van der Waals surface area contributed by atoms with E-state index in [0.717, 1.165) is 65.3 Å². The lowest BCUT2D eigenvalue weighted by atomic mass is 10.0. The molecule has 0 spiro atoms. The highest BCUT2D eigenvalue weighted by molar-refractivity contribution is 7.07. The number of piperidine rings is 1. The molecule has 5 rings (SSSR count). The van der Waals surface area contributed by atoms with Crippen molar-refractivity contribution in [2.75, 3.05) is 44.4 Å². The Morgan fingerprint density at radius 1 is 1.15 bits per heavy atom. The second-order valence-electron chi connectivity index (χ2n) is 8.44. The molecule has 3 heterocycles. The van der Waals surface area contributed by atoms with Crippen LogP contribution < -0.4 is 15.4 Å². The van der Waals surface area contributed by atoms with Gasteiger partial charge in [0.15, 0.2) is 11.3 Å². The Kier molecular flexibility index (Phi) is 6.70. The second kappa shape index (κ2) is 10.2. The summed E-state index contributed by atoms with van der Waals surface area (Å²) in [6.07, 6.45) is 2.24. The van der Waals surface area contributed by atoms with E-state index in [1.807, 2.05) is 35.2 Å². The zero-order valence-electron chi connectivity index (χ0n) is 19.4. The predicted molar refractivity (Wildman–Crippen MR) is 140 cm³/mol. The third kappa shape index (κ3) is 4.74. The van der Waals surface area contributed by atoms with E-state index in [4.69, 9.17) is 9.15 Å². The Balaban J connectivity index is 1.44. The minimum atomic E-state index is 0.439. The molecule has 2 aromatic heterocycles. The molecule has 174 valence electrons. The summed E-state index contributed by atoms with van der Waals surface area (Å²) in [7, 11) is 3.84. The fourth-order valence-electron chi connectivity index (χ4n) is 4.34. The first-order valence-corrected chi connectivity index (χ1v) is 12.4. The summed E-state index contributed by atoms with van der Waals surface area (Å²) in [5.74, 6) is 7.89. The fourth-order valence-corrected chi connectivity index (χ4v) is 4.88. The van der Waals surface area contributed by atoms with Crippen molar-refractivity contribution in [2.24, 2.45) is 0 Å². The summed E-state index contributed by atoms with van der Waals surface area (Å²) < 4.78 is 11.8. The predicted octanol–water partition coefficient (Wildman–Crippen LogP) is 5.53. The van der Waals surface area contributed by atoms with Crippen LogP contribution >= 0.6 is 11.3 Å². The van der Waals surface area contributed by atoms with Crippen molar-refractivity contribution in [1.29, 1.82) is 0 Å². The van der Waals surface area contributed by atoms with Crippen molar-refractivity contribution >= 4 is 33.7 Å². The molecule has 1 aliphatic rings. The molecular weight excluding hydrogens is 444 g/mol. The molecular formula is C27H28N4O2S. The normalized spacial score (nSPS) is 14.5. The zero-order valence-corrected chi connectivity index (χ0v) is 20.2. The van der Waals surface area contributed by atoms with E-state index in [1.165, 1.54) is 0 Å². The number of likely N-dealkylation sites (tertiary alicyclic amines) is 1. The molecule has 0 saturated carbocycles. The smallest absolute Gasteiger partial charge is 0.187 e. The third-order valence-corrected chi connectivity index (χ3v) is 6.74. The second-order valence-corrected chi connectivity index (χ2v) is 9.16. The van der Waals surface area contributed by atoms with E-state index in [9.17, 15) is 0 Å². The SMILES string of the molecule is COc1ccccc1NCC#Cc1oc2c(NC3CCN(C)CC3)cccc2c1-c1cscn1. The highest BCUT2D eigenvalue weighted by atomic mass is 32.1. The van der Waals surface area contributed by atoms with Crippen LogP contribution in [0.25, 0.3) is 22.2 Å². The molecule has 2 aromatic carbocycles. The van der Waals surface area contributed by atoms with Gasteiger partial charge in [-0.15, -0.1) is 11.3 Å². The van der Waals surface area contributed by atoms with Crippen LogP contribution in [0.4, 0.5) is 11.4 Å². The topological polar surface area (TPSA) is 62.6 Å². The highest BCUT2D eigenvalue weighted by Crippen LogP contribution is 2.38. The number of aromatic nitrogens is 1. The van der Waals surface area contributed by atoms with Gasteiger partial charge in [-0.05, 0) is 57.1 Å². The van der Waals surface area contributed by atoms with Gasteiger partial charge >= 0.3 is 0 Å². The zero-order chi connectivity index (χ0) is 23.3. The van der Waals surface area contributed by atoms with Gasteiger partial charge in [0.05, 0.1) is 41.8 Å². The lowest BCUT2D eigenvalue weighted by Crippen LogP contribution is -2.36. The molecule has 6 nitrogen and oxygen atoms in total. The first-order chi connectivity index (χ1) is 16.7. The van der Waals surface area contributed by atoms with Gasteiger partial charge in [0.1, 0.15) is 5.75 Å². The number of ether oxygens (including phenoxy) is 1. The number of rotatable bonds is 6. The standard InChI is InChI=1S/C27H28N4O2S/c1-31-15-12-19(13-16-31)30-22-9-5-7-20-26(23-17-34-18-29-23)25(33-27(20)22)11-6-14-28-21-8-3-4-10-24(21)32-2/h3-5,7-10,17-19,28,30H,12-16H2,1-2H3. The van der Waals surface area contributed by atoms with Crippen molar-refractivity contribution in [2.45, 2.75) is 18.9 Å². The van der Waals surface area contributed by atoms with Crippen molar-refractivity contribution < 1.29 is 9.15 Å². The summed E-state index contributed by atoms with van der Waals surface area (Å²) in [6.45, 7) is 2.67. The Morgan fingerprint density at radius 2 is 1.97 bits per heavy atom. The Hall–Kier alpha value is -3.47. The molecule has 34 heavy (non-hydrogen) atoms. The number of nitrogens with zero attached hydrogens (tertiary/aromatic N) is 2. The molecule has 0 aliphatic carbocycles. The highest BCUT2D eigenvalue weighted by Gasteiger charge is 2.21. The molecule has 0 amide bonds. The number of nitrogens with one attached hydrogen (secondary N) is 2. The van der Waals surface area contributed by atoms with Crippen LogP contribution in [0.2, 0.25) is 0 Å². The van der Waals surface area contributed by atoms with Crippen LogP contribution in [0.1, 0.15) is 18.6 Å². The van der Waals surface area contributed by atoms with E-state index in [1.54, 1.807) is 18.4 Å². The maximum Gasteiger partial charge on any atom is 0.187 e. The minimum Gasteiger partial charge on any atom is -0.495 e. The van der Waals surface area contributed by atoms with E-state index in [2.05, 4.69) is 57.6 Å². The van der Waals surface area contributed by atoms with Gasteiger partial charge in [0.2, 0.25) is 0 Å².